The van der Waals surface area contributed by atoms with Crippen molar-refractivity contribution in [1.29, 1.82) is 0 Å². The van der Waals surface area contributed by atoms with E-state index < -0.39 is 10.0 Å². The van der Waals surface area contributed by atoms with E-state index in [4.69, 9.17) is 0 Å². The van der Waals surface area contributed by atoms with Gasteiger partial charge in [0, 0.05) is 31.9 Å². The number of carbonyl (C=O) groups excluding carboxylic acids is 1. The lowest BCUT2D eigenvalue weighted by Gasteiger charge is -2.22. The van der Waals surface area contributed by atoms with E-state index in [2.05, 4.69) is 10.3 Å². The molecule has 0 aliphatic carbocycles. The number of aryl methyl sites for hydroxylation is 1. The first kappa shape index (κ1) is 17.9. The van der Waals surface area contributed by atoms with Gasteiger partial charge in [0.2, 0.25) is 15.9 Å². The van der Waals surface area contributed by atoms with Gasteiger partial charge in [-0.2, -0.15) is 0 Å². The molecule has 1 amide bonds. The van der Waals surface area contributed by atoms with E-state index in [1.165, 1.54) is 4.31 Å². The Morgan fingerprint density at radius 1 is 1.21 bits per heavy atom. The summed E-state index contributed by atoms with van der Waals surface area (Å²) >= 11 is 0. The van der Waals surface area contributed by atoms with Crippen LogP contribution >= 0.6 is 0 Å². The fourth-order valence-electron chi connectivity index (χ4n) is 2.19. The Bertz CT molecular complexity index is 774. The molecule has 0 radical (unpaired) electrons. The molecule has 0 atom stereocenters. The molecule has 24 heavy (non-hydrogen) atoms. The first-order valence-electron chi connectivity index (χ1n) is 7.56. The van der Waals surface area contributed by atoms with Crippen molar-refractivity contribution in [2.75, 3.05) is 17.1 Å². The zero-order valence-corrected chi connectivity index (χ0v) is 14.6. The van der Waals surface area contributed by atoms with Gasteiger partial charge in [-0.3, -0.25) is 14.1 Å². The zero-order valence-electron chi connectivity index (χ0n) is 13.8. The van der Waals surface area contributed by atoms with E-state index in [9.17, 15) is 13.2 Å². The molecule has 6 nitrogen and oxygen atoms in total. The van der Waals surface area contributed by atoms with E-state index in [0.717, 1.165) is 17.4 Å². The lowest BCUT2D eigenvalue weighted by atomic mass is 10.2. The van der Waals surface area contributed by atoms with E-state index in [1.54, 1.807) is 30.6 Å². The van der Waals surface area contributed by atoms with Crippen molar-refractivity contribution >= 4 is 21.6 Å². The molecule has 0 saturated heterocycles. The Kier molecular flexibility index (Phi) is 5.92. The summed E-state index contributed by atoms with van der Waals surface area (Å²) in [5.41, 5.74) is 2.49. The van der Waals surface area contributed by atoms with Crippen LogP contribution in [0.25, 0.3) is 0 Å². The van der Waals surface area contributed by atoms with Crippen LogP contribution in [0, 0.1) is 6.92 Å². The monoisotopic (exact) mass is 347 g/mol. The summed E-state index contributed by atoms with van der Waals surface area (Å²) in [5.74, 6) is -0.209. The molecule has 0 fully saturated rings. The van der Waals surface area contributed by atoms with Crippen molar-refractivity contribution in [3.63, 3.8) is 0 Å². The molecule has 0 bridgehead atoms. The third-order valence-electron chi connectivity index (χ3n) is 3.48. The Morgan fingerprint density at radius 2 is 1.92 bits per heavy atom. The van der Waals surface area contributed by atoms with Crippen molar-refractivity contribution in [3.8, 4) is 0 Å². The Balaban J connectivity index is 1.95. The van der Waals surface area contributed by atoms with Crippen molar-refractivity contribution in [2.24, 2.45) is 0 Å². The molecule has 0 saturated carbocycles. The third kappa shape index (κ3) is 5.34. The minimum absolute atomic E-state index is 0.0845. The second-order valence-corrected chi connectivity index (χ2v) is 7.47. The van der Waals surface area contributed by atoms with Crippen LogP contribution in [0.4, 0.5) is 5.69 Å². The van der Waals surface area contributed by atoms with Crippen molar-refractivity contribution in [3.05, 3.63) is 59.9 Å². The number of amides is 1. The molecular weight excluding hydrogens is 326 g/mol. The van der Waals surface area contributed by atoms with Gasteiger partial charge in [-0.1, -0.05) is 23.8 Å². The summed E-state index contributed by atoms with van der Waals surface area (Å²) in [6.45, 7) is 2.40. The van der Waals surface area contributed by atoms with Crippen molar-refractivity contribution in [2.45, 2.75) is 19.9 Å². The number of rotatable bonds is 7. The van der Waals surface area contributed by atoms with Crippen LogP contribution in [0.5, 0.6) is 0 Å². The standard InChI is InChI=1S/C17H21N3O3S/c1-14-5-7-16(8-6-14)20(24(2,22)23)11-9-17(21)19-13-15-4-3-10-18-12-15/h3-8,10,12H,9,11,13H2,1-2H3,(H,19,21). The van der Waals surface area contributed by atoms with Crippen LogP contribution in [0.2, 0.25) is 0 Å². The largest absolute Gasteiger partial charge is 0.352 e. The van der Waals surface area contributed by atoms with Crippen LogP contribution in [-0.4, -0.2) is 32.1 Å². The lowest BCUT2D eigenvalue weighted by molar-refractivity contribution is -0.121. The lowest BCUT2D eigenvalue weighted by Crippen LogP contribution is -2.34. The topological polar surface area (TPSA) is 79.4 Å². The number of carbonyl (C=O) groups is 1. The predicted octanol–water partition coefficient (Wildman–Crippen LogP) is 1.86. The van der Waals surface area contributed by atoms with Crippen LogP contribution in [0.15, 0.2) is 48.8 Å². The average Bonchev–Trinajstić information content (AvgIpc) is 2.54. The number of hydrogen-bond donors (Lipinski definition) is 1. The maximum atomic E-state index is 12.0. The normalized spacial score (nSPS) is 11.1. The van der Waals surface area contributed by atoms with Gasteiger partial charge in [-0.05, 0) is 30.7 Å². The minimum atomic E-state index is -3.45. The number of pyridine rings is 1. The molecule has 1 N–H and O–H groups in total. The smallest absolute Gasteiger partial charge is 0.232 e. The number of benzene rings is 1. The van der Waals surface area contributed by atoms with E-state index >= 15 is 0 Å². The summed E-state index contributed by atoms with van der Waals surface area (Å²) in [6.07, 6.45) is 4.56. The molecular formula is C17H21N3O3S. The highest BCUT2D eigenvalue weighted by Crippen LogP contribution is 2.18. The number of nitrogens with one attached hydrogen (secondary N) is 1. The van der Waals surface area contributed by atoms with Gasteiger partial charge in [0.15, 0.2) is 0 Å². The van der Waals surface area contributed by atoms with Gasteiger partial charge in [0.05, 0.1) is 11.9 Å². The van der Waals surface area contributed by atoms with Gasteiger partial charge in [0.1, 0.15) is 0 Å². The van der Waals surface area contributed by atoms with Gasteiger partial charge >= 0.3 is 0 Å². The van der Waals surface area contributed by atoms with E-state index in [-0.39, 0.29) is 18.9 Å². The summed E-state index contributed by atoms with van der Waals surface area (Å²) in [5, 5.41) is 2.77. The Labute approximate surface area is 142 Å². The fraction of sp³-hybridized carbons (Fsp3) is 0.294. The molecule has 1 aromatic carbocycles. The predicted molar refractivity (Wildman–Crippen MR) is 94.1 cm³/mol. The molecule has 0 aliphatic rings. The molecule has 1 heterocycles. The zero-order chi connectivity index (χ0) is 17.6. The molecule has 0 unspecified atom stereocenters. The Morgan fingerprint density at radius 3 is 2.50 bits per heavy atom. The highest BCUT2D eigenvalue weighted by molar-refractivity contribution is 7.92. The summed E-state index contributed by atoms with van der Waals surface area (Å²) in [6, 6.07) is 10.8. The van der Waals surface area contributed by atoms with Gasteiger partial charge in [-0.25, -0.2) is 8.42 Å². The molecule has 2 aromatic rings. The highest BCUT2D eigenvalue weighted by Gasteiger charge is 2.18. The van der Waals surface area contributed by atoms with Crippen LogP contribution < -0.4 is 9.62 Å². The van der Waals surface area contributed by atoms with E-state index in [0.29, 0.717) is 12.2 Å². The number of anilines is 1. The van der Waals surface area contributed by atoms with Gasteiger partial charge < -0.3 is 5.32 Å². The van der Waals surface area contributed by atoms with Gasteiger partial charge in [0.25, 0.3) is 0 Å². The number of aromatic nitrogens is 1. The van der Waals surface area contributed by atoms with Crippen LogP contribution in [-0.2, 0) is 21.4 Å². The van der Waals surface area contributed by atoms with Gasteiger partial charge in [-0.15, -0.1) is 0 Å². The highest BCUT2D eigenvalue weighted by atomic mass is 32.2. The quantitative estimate of drug-likeness (QED) is 0.829. The minimum Gasteiger partial charge on any atom is -0.352 e. The van der Waals surface area contributed by atoms with Crippen LogP contribution in [0.1, 0.15) is 17.5 Å². The third-order valence-corrected chi connectivity index (χ3v) is 4.67. The number of nitrogens with zero attached hydrogens (tertiary/aromatic N) is 2. The number of hydrogen-bond acceptors (Lipinski definition) is 4. The second-order valence-electron chi connectivity index (χ2n) is 5.56. The first-order valence-corrected chi connectivity index (χ1v) is 9.41. The first-order chi connectivity index (χ1) is 11.4. The number of sulfonamides is 1. The fourth-order valence-corrected chi connectivity index (χ4v) is 3.12. The summed E-state index contributed by atoms with van der Waals surface area (Å²) < 4.78 is 25.2. The summed E-state index contributed by atoms with van der Waals surface area (Å²) in [7, 11) is -3.45. The molecule has 0 aliphatic heterocycles. The molecule has 0 spiro atoms. The van der Waals surface area contributed by atoms with Crippen LogP contribution in [0.3, 0.4) is 0 Å². The molecule has 7 heteroatoms. The van der Waals surface area contributed by atoms with Crippen molar-refractivity contribution in [1.82, 2.24) is 10.3 Å². The second kappa shape index (κ2) is 7.92. The maximum absolute atomic E-state index is 12.0. The van der Waals surface area contributed by atoms with E-state index in [1.807, 2.05) is 25.1 Å². The molecule has 1 aromatic heterocycles. The Hall–Kier alpha value is -2.41. The summed E-state index contributed by atoms with van der Waals surface area (Å²) in [4.78, 5) is 16.0. The SMILES string of the molecule is Cc1ccc(N(CCC(=O)NCc2cccnc2)S(C)(=O)=O)cc1. The molecule has 128 valence electrons. The van der Waals surface area contributed by atoms with Crippen molar-refractivity contribution < 1.29 is 13.2 Å². The molecule has 2 rings (SSSR count). The maximum Gasteiger partial charge on any atom is 0.232 e. The average molecular weight is 347 g/mol.